The summed E-state index contributed by atoms with van der Waals surface area (Å²) in [6.45, 7) is 2.64. The highest BCUT2D eigenvalue weighted by molar-refractivity contribution is 9.10. The SMILES string of the molecule is CC1Cc2cc(Br)cc(/C=C/CN)c2O1. The Balaban J connectivity index is 2.42. The van der Waals surface area contributed by atoms with Crippen molar-refractivity contribution in [2.75, 3.05) is 6.54 Å². The maximum absolute atomic E-state index is 5.78. The zero-order valence-corrected chi connectivity index (χ0v) is 10.3. The molecule has 80 valence electrons. The highest BCUT2D eigenvalue weighted by Gasteiger charge is 2.21. The first-order valence-corrected chi connectivity index (χ1v) is 5.85. The molecule has 1 aliphatic rings. The van der Waals surface area contributed by atoms with E-state index in [0.717, 1.165) is 22.2 Å². The van der Waals surface area contributed by atoms with Crippen molar-refractivity contribution < 1.29 is 4.74 Å². The molecule has 0 spiro atoms. The molecule has 1 atom stereocenters. The Labute approximate surface area is 98.2 Å². The van der Waals surface area contributed by atoms with Crippen LogP contribution in [0, 0.1) is 0 Å². The van der Waals surface area contributed by atoms with Gasteiger partial charge in [0.2, 0.25) is 0 Å². The third-order valence-corrected chi connectivity index (χ3v) is 2.88. The first kappa shape index (κ1) is 10.7. The van der Waals surface area contributed by atoms with E-state index in [-0.39, 0.29) is 6.10 Å². The summed E-state index contributed by atoms with van der Waals surface area (Å²) < 4.78 is 6.87. The minimum atomic E-state index is 0.277. The fraction of sp³-hybridized carbons (Fsp3) is 0.333. The van der Waals surface area contributed by atoms with E-state index in [9.17, 15) is 0 Å². The molecule has 2 nitrogen and oxygen atoms in total. The third kappa shape index (κ3) is 2.24. The molecular formula is C12H14BrNO. The Bertz CT molecular complexity index is 401. The summed E-state index contributed by atoms with van der Waals surface area (Å²) in [6, 6.07) is 4.18. The summed E-state index contributed by atoms with van der Waals surface area (Å²) in [7, 11) is 0. The Morgan fingerprint density at radius 1 is 1.60 bits per heavy atom. The molecule has 1 unspecified atom stereocenters. The van der Waals surface area contributed by atoms with Crippen LogP contribution < -0.4 is 10.5 Å². The van der Waals surface area contributed by atoms with Crippen LogP contribution in [0.2, 0.25) is 0 Å². The minimum absolute atomic E-state index is 0.277. The molecule has 0 saturated heterocycles. The molecule has 1 aromatic carbocycles. The molecule has 0 saturated carbocycles. The number of nitrogens with two attached hydrogens (primary N) is 1. The number of fused-ring (bicyclic) bond motifs is 1. The van der Waals surface area contributed by atoms with Gasteiger partial charge in [-0.05, 0) is 24.6 Å². The van der Waals surface area contributed by atoms with E-state index in [1.165, 1.54) is 5.56 Å². The fourth-order valence-corrected chi connectivity index (χ4v) is 2.36. The maximum atomic E-state index is 5.78. The van der Waals surface area contributed by atoms with Gasteiger partial charge in [-0.15, -0.1) is 0 Å². The van der Waals surface area contributed by atoms with E-state index in [2.05, 4.69) is 35.0 Å². The number of rotatable bonds is 2. The summed E-state index contributed by atoms with van der Waals surface area (Å²) in [5, 5.41) is 0. The average molecular weight is 268 g/mol. The Morgan fingerprint density at radius 3 is 3.13 bits per heavy atom. The molecule has 1 aliphatic heterocycles. The number of hydrogen-bond donors (Lipinski definition) is 1. The summed E-state index contributed by atoms with van der Waals surface area (Å²) >= 11 is 3.51. The van der Waals surface area contributed by atoms with Crippen molar-refractivity contribution in [3.63, 3.8) is 0 Å². The first-order valence-electron chi connectivity index (χ1n) is 5.06. The first-order chi connectivity index (χ1) is 7.20. The summed E-state index contributed by atoms with van der Waals surface area (Å²) in [6.07, 6.45) is 5.22. The second-order valence-electron chi connectivity index (χ2n) is 3.75. The molecule has 0 radical (unpaired) electrons. The van der Waals surface area contributed by atoms with Gasteiger partial charge in [0.05, 0.1) is 0 Å². The van der Waals surface area contributed by atoms with Gasteiger partial charge < -0.3 is 10.5 Å². The molecule has 0 bridgehead atoms. The van der Waals surface area contributed by atoms with E-state index in [0.29, 0.717) is 6.54 Å². The van der Waals surface area contributed by atoms with Crippen LogP contribution in [0.3, 0.4) is 0 Å². The normalized spacial score (nSPS) is 19.3. The summed E-state index contributed by atoms with van der Waals surface area (Å²) in [5.41, 5.74) is 7.83. The number of ether oxygens (including phenoxy) is 1. The lowest BCUT2D eigenvalue weighted by Gasteiger charge is -2.06. The second kappa shape index (κ2) is 4.37. The van der Waals surface area contributed by atoms with Crippen molar-refractivity contribution in [1.29, 1.82) is 0 Å². The topological polar surface area (TPSA) is 35.2 Å². The van der Waals surface area contributed by atoms with Crippen LogP contribution in [0.5, 0.6) is 5.75 Å². The van der Waals surface area contributed by atoms with Crippen molar-refractivity contribution >= 4 is 22.0 Å². The standard InChI is InChI=1S/C12H14BrNO/c1-8-5-10-7-11(13)6-9(3-2-4-14)12(10)15-8/h2-3,6-8H,4-5,14H2,1H3/b3-2+. The molecular weight excluding hydrogens is 254 g/mol. The van der Waals surface area contributed by atoms with E-state index in [1.54, 1.807) is 0 Å². The predicted octanol–water partition coefficient (Wildman–Crippen LogP) is 2.74. The smallest absolute Gasteiger partial charge is 0.130 e. The molecule has 2 rings (SSSR count). The Kier molecular flexibility index (Phi) is 3.12. The van der Waals surface area contributed by atoms with Gasteiger partial charge in [-0.1, -0.05) is 28.1 Å². The van der Waals surface area contributed by atoms with Gasteiger partial charge in [-0.3, -0.25) is 0 Å². The monoisotopic (exact) mass is 267 g/mol. The number of halogens is 1. The van der Waals surface area contributed by atoms with Gasteiger partial charge >= 0.3 is 0 Å². The molecule has 0 aromatic heterocycles. The number of hydrogen-bond acceptors (Lipinski definition) is 2. The van der Waals surface area contributed by atoms with Crippen molar-refractivity contribution in [3.8, 4) is 5.75 Å². The molecule has 1 aromatic rings. The summed E-state index contributed by atoms with van der Waals surface area (Å²) in [5.74, 6) is 1.01. The van der Waals surface area contributed by atoms with E-state index >= 15 is 0 Å². The van der Waals surface area contributed by atoms with Crippen LogP contribution in [0.1, 0.15) is 18.1 Å². The van der Waals surface area contributed by atoms with Crippen LogP contribution >= 0.6 is 15.9 Å². The highest BCUT2D eigenvalue weighted by atomic mass is 79.9. The zero-order chi connectivity index (χ0) is 10.8. The van der Waals surface area contributed by atoms with Gasteiger partial charge in [-0.2, -0.15) is 0 Å². The maximum Gasteiger partial charge on any atom is 0.130 e. The Hall–Kier alpha value is -0.800. The average Bonchev–Trinajstić information content (AvgIpc) is 2.54. The zero-order valence-electron chi connectivity index (χ0n) is 8.66. The van der Waals surface area contributed by atoms with Crippen LogP contribution in [-0.4, -0.2) is 12.6 Å². The third-order valence-electron chi connectivity index (χ3n) is 2.42. The lowest BCUT2D eigenvalue weighted by atomic mass is 10.1. The molecule has 0 fully saturated rings. The van der Waals surface area contributed by atoms with E-state index < -0.39 is 0 Å². The Morgan fingerprint density at radius 2 is 2.40 bits per heavy atom. The van der Waals surface area contributed by atoms with Crippen molar-refractivity contribution in [3.05, 3.63) is 33.8 Å². The van der Waals surface area contributed by atoms with Gasteiger partial charge in [0.15, 0.2) is 0 Å². The molecule has 1 heterocycles. The van der Waals surface area contributed by atoms with Crippen molar-refractivity contribution in [2.24, 2.45) is 5.73 Å². The quantitative estimate of drug-likeness (QED) is 0.895. The van der Waals surface area contributed by atoms with Crippen molar-refractivity contribution in [2.45, 2.75) is 19.4 Å². The van der Waals surface area contributed by atoms with E-state index in [1.807, 2.05) is 12.2 Å². The second-order valence-corrected chi connectivity index (χ2v) is 4.67. The molecule has 2 N–H and O–H groups in total. The lowest BCUT2D eigenvalue weighted by molar-refractivity contribution is 0.254. The van der Waals surface area contributed by atoms with E-state index in [4.69, 9.17) is 10.5 Å². The molecule has 3 heteroatoms. The van der Waals surface area contributed by atoms with Gasteiger partial charge in [0.25, 0.3) is 0 Å². The van der Waals surface area contributed by atoms with Crippen LogP contribution in [0.25, 0.3) is 6.08 Å². The minimum Gasteiger partial charge on any atom is -0.489 e. The van der Waals surface area contributed by atoms with Gasteiger partial charge in [0, 0.05) is 23.0 Å². The molecule has 0 amide bonds. The lowest BCUT2D eigenvalue weighted by Crippen LogP contribution is -2.05. The number of benzene rings is 1. The summed E-state index contributed by atoms with van der Waals surface area (Å²) in [4.78, 5) is 0. The predicted molar refractivity (Wildman–Crippen MR) is 66.0 cm³/mol. The van der Waals surface area contributed by atoms with Crippen molar-refractivity contribution in [1.82, 2.24) is 0 Å². The highest BCUT2D eigenvalue weighted by Crippen LogP contribution is 2.35. The van der Waals surface area contributed by atoms with Crippen LogP contribution in [-0.2, 0) is 6.42 Å². The largest absolute Gasteiger partial charge is 0.489 e. The van der Waals surface area contributed by atoms with Gasteiger partial charge in [-0.25, -0.2) is 0 Å². The fourth-order valence-electron chi connectivity index (χ4n) is 1.84. The van der Waals surface area contributed by atoms with Gasteiger partial charge in [0.1, 0.15) is 11.9 Å². The van der Waals surface area contributed by atoms with Crippen LogP contribution in [0.4, 0.5) is 0 Å². The molecule has 0 aliphatic carbocycles. The molecule has 15 heavy (non-hydrogen) atoms. The van der Waals surface area contributed by atoms with Crippen LogP contribution in [0.15, 0.2) is 22.7 Å².